The number of carboxylic acid groups (broad SMARTS) is 1. The van der Waals surface area contributed by atoms with Gasteiger partial charge in [-0.05, 0) is 33.6 Å². The second kappa shape index (κ2) is 8.90. The highest BCUT2D eigenvalue weighted by Crippen LogP contribution is 2.19. The quantitative estimate of drug-likeness (QED) is 0.639. The maximum Gasteiger partial charge on any atom is 0.408 e. The Labute approximate surface area is 163 Å². The third-order valence-electron chi connectivity index (χ3n) is 4.28. The van der Waals surface area contributed by atoms with E-state index in [4.69, 9.17) is 4.74 Å². The SMILES string of the molecule is CC(C)(C)OC(=O)NCC(=O)N1C[C@H](NC(=O)C2=CCCC=C2)C[C@H]1C(=O)O. The zero-order valence-electron chi connectivity index (χ0n) is 16.4. The van der Waals surface area contributed by atoms with Crippen LogP contribution in [0.5, 0.6) is 0 Å². The molecule has 1 aliphatic heterocycles. The number of hydrogen-bond donors (Lipinski definition) is 3. The molecule has 0 spiro atoms. The van der Waals surface area contributed by atoms with Gasteiger partial charge in [0.25, 0.3) is 5.91 Å². The summed E-state index contributed by atoms with van der Waals surface area (Å²) >= 11 is 0. The van der Waals surface area contributed by atoms with Crippen molar-refractivity contribution in [3.8, 4) is 0 Å². The molecule has 9 nitrogen and oxygen atoms in total. The number of ether oxygens (including phenoxy) is 1. The highest BCUT2D eigenvalue weighted by molar-refractivity contribution is 5.96. The number of allylic oxidation sites excluding steroid dienone is 2. The Morgan fingerprint density at radius 3 is 2.54 bits per heavy atom. The lowest BCUT2D eigenvalue weighted by Gasteiger charge is -2.23. The molecule has 1 aliphatic carbocycles. The summed E-state index contributed by atoms with van der Waals surface area (Å²) in [6, 6.07) is -1.54. The lowest BCUT2D eigenvalue weighted by molar-refractivity contribution is -0.147. The monoisotopic (exact) mass is 393 g/mol. The second-order valence-electron chi connectivity index (χ2n) is 7.80. The summed E-state index contributed by atoms with van der Waals surface area (Å²) in [6.45, 7) is 4.76. The number of hydrogen-bond acceptors (Lipinski definition) is 5. The van der Waals surface area contributed by atoms with E-state index in [0.29, 0.717) is 5.57 Å². The molecule has 1 fully saturated rings. The van der Waals surface area contributed by atoms with Crippen LogP contribution in [-0.4, -0.2) is 64.7 Å². The molecule has 3 N–H and O–H groups in total. The summed E-state index contributed by atoms with van der Waals surface area (Å²) in [7, 11) is 0. The molecular formula is C19H27N3O6. The van der Waals surface area contributed by atoms with E-state index in [1.807, 2.05) is 12.2 Å². The van der Waals surface area contributed by atoms with Gasteiger partial charge in [0.05, 0.1) is 0 Å². The summed E-state index contributed by atoms with van der Waals surface area (Å²) in [5, 5.41) is 14.5. The molecule has 2 rings (SSSR count). The van der Waals surface area contributed by atoms with Gasteiger partial charge in [-0.2, -0.15) is 0 Å². The molecule has 2 atom stereocenters. The first-order valence-corrected chi connectivity index (χ1v) is 9.23. The van der Waals surface area contributed by atoms with E-state index in [2.05, 4.69) is 10.6 Å². The lowest BCUT2D eigenvalue weighted by atomic mass is 10.1. The van der Waals surface area contributed by atoms with Crippen LogP contribution in [0.1, 0.15) is 40.0 Å². The number of carbonyl (C=O) groups is 4. The average Bonchev–Trinajstić information content (AvgIpc) is 3.03. The Balaban J connectivity index is 1.93. The fourth-order valence-electron chi connectivity index (χ4n) is 3.06. The molecule has 0 aromatic heterocycles. The van der Waals surface area contributed by atoms with Gasteiger partial charge < -0.3 is 25.4 Å². The van der Waals surface area contributed by atoms with E-state index in [0.717, 1.165) is 17.7 Å². The fraction of sp³-hybridized carbons (Fsp3) is 0.579. The molecule has 1 heterocycles. The largest absolute Gasteiger partial charge is 0.480 e. The second-order valence-corrected chi connectivity index (χ2v) is 7.80. The third kappa shape index (κ3) is 6.11. The molecule has 0 bridgehead atoms. The molecule has 2 aliphatic rings. The van der Waals surface area contributed by atoms with Crippen molar-refractivity contribution in [1.29, 1.82) is 0 Å². The van der Waals surface area contributed by atoms with Gasteiger partial charge in [-0.15, -0.1) is 0 Å². The number of carbonyl (C=O) groups excluding carboxylic acids is 3. The Bertz CT molecular complexity index is 707. The zero-order valence-corrected chi connectivity index (χ0v) is 16.4. The van der Waals surface area contributed by atoms with Crippen LogP contribution >= 0.6 is 0 Å². The summed E-state index contributed by atoms with van der Waals surface area (Å²) in [5.74, 6) is -1.99. The molecule has 0 unspecified atom stereocenters. The van der Waals surface area contributed by atoms with Crippen molar-refractivity contribution in [2.24, 2.45) is 0 Å². The number of nitrogens with one attached hydrogen (secondary N) is 2. The van der Waals surface area contributed by atoms with Gasteiger partial charge >= 0.3 is 12.1 Å². The molecule has 0 aromatic carbocycles. The minimum atomic E-state index is -1.15. The van der Waals surface area contributed by atoms with Crippen LogP contribution in [0.3, 0.4) is 0 Å². The number of alkyl carbamates (subject to hydrolysis) is 1. The van der Waals surface area contributed by atoms with Crippen molar-refractivity contribution in [3.05, 3.63) is 23.8 Å². The number of carboxylic acids is 1. The first-order valence-electron chi connectivity index (χ1n) is 9.23. The topological polar surface area (TPSA) is 125 Å². The van der Waals surface area contributed by atoms with E-state index in [-0.39, 0.29) is 25.4 Å². The number of nitrogens with zero attached hydrogens (tertiary/aromatic N) is 1. The standard InChI is InChI=1S/C19H27N3O6/c1-19(2,3)28-18(27)20-10-15(23)22-11-13(9-14(22)17(25)26)21-16(24)12-7-5-4-6-8-12/h5,7-8,13-14H,4,6,9-11H2,1-3H3,(H,20,27)(H,21,24)(H,25,26)/t13-,14+/m1/s1. The van der Waals surface area contributed by atoms with Crippen LogP contribution < -0.4 is 10.6 Å². The van der Waals surface area contributed by atoms with Crippen molar-refractivity contribution in [1.82, 2.24) is 15.5 Å². The molecular weight excluding hydrogens is 366 g/mol. The van der Waals surface area contributed by atoms with E-state index in [1.165, 1.54) is 0 Å². The normalized spacial score (nSPS) is 21.7. The molecule has 0 aromatic rings. The van der Waals surface area contributed by atoms with Gasteiger partial charge in [-0.25, -0.2) is 9.59 Å². The third-order valence-corrected chi connectivity index (χ3v) is 4.28. The Hall–Kier alpha value is -2.84. The van der Waals surface area contributed by atoms with E-state index >= 15 is 0 Å². The van der Waals surface area contributed by atoms with Crippen LogP contribution in [0, 0.1) is 0 Å². The van der Waals surface area contributed by atoms with Gasteiger partial charge in [0, 0.05) is 24.6 Å². The van der Waals surface area contributed by atoms with Crippen molar-refractivity contribution >= 4 is 23.9 Å². The van der Waals surface area contributed by atoms with Crippen LogP contribution in [-0.2, 0) is 19.1 Å². The van der Waals surface area contributed by atoms with Crippen LogP contribution in [0.2, 0.25) is 0 Å². The molecule has 3 amide bonds. The molecule has 0 radical (unpaired) electrons. The number of aliphatic carboxylic acids is 1. The van der Waals surface area contributed by atoms with Gasteiger partial charge in [-0.1, -0.05) is 18.2 Å². The smallest absolute Gasteiger partial charge is 0.408 e. The first-order chi connectivity index (χ1) is 13.1. The number of amides is 3. The van der Waals surface area contributed by atoms with Crippen molar-refractivity contribution in [3.63, 3.8) is 0 Å². The first kappa shape index (κ1) is 21.5. The highest BCUT2D eigenvalue weighted by Gasteiger charge is 2.40. The molecule has 154 valence electrons. The Morgan fingerprint density at radius 1 is 1.25 bits per heavy atom. The summed E-state index contributed by atoms with van der Waals surface area (Å²) < 4.78 is 5.06. The summed E-state index contributed by atoms with van der Waals surface area (Å²) in [4.78, 5) is 49.1. The van der Waals surface area contributed by atoms with Crippen molar-refractivity contribution in [2.45, 2.75) is 57.7 Å². The maximum atomic E-state index is 12.4. The van der Waals surface area contributed by atoms with E-state index in [1.54, 1.807) is 26.8 Å². The number of rotatable bonds is 5. The highest BCUT2D eigenvalue weighted by atomic mass is 16.6. The zero-order chi connectivity index (χ0) is 20.9. The molecule has 1 saturated heterocycles. The predicted molar refractivity (Wildman–Crippen MR) is 100 cm³/mol. The van der Waals surface area contributed by atoms with Crippen LogP contribution in [0.4, 0.5) is 4.79 Å². The summed E-state index contributed by atoms with van der Waals surface area (Å²) in [5.41, 5.74) is -0.170. The molecule has 9 heteroatoms. The summed E-state index contributed by atoms with van der Waals surface area (Å²) in [6.07, 6.45) is 6.48. The van der Waals surface area contributed by atoms with Crippen molar-refractivity contribution in [2.75, 3.05) is 13.1 Å². The molecule has 28 heavy (non-hydrogen) atoms. The minimum Gasteiger partial charge on any atom is -0.480 e. The van der Waals surface area contributed by atoms with Crippen molar-refractivity contribution < 1.29 is 29.0 Å². The van der Waals surface area contributed by atoms with Gasteiger partial charge in [-0.3, -0.25) is 9.59 Å². The number of likely N-dealkylation sites (tertiary alicyclic amines) is 1. The van der Waals surface area contributed by atoms with Crippen LogP contribution in [0.15, 0.2) is 23.8 Å². The minimum absolute atomic E-state index is 0.0640. The van der Waals surface area contributed by atoms with Crippen LogP contribution in [0.25, 0.3) is 0 Å². The van der Waals surface area contributed by atoms with Gasteiger partial charge in [0.15, 0.2) is 0 Å². The molecule has 0 saturated carbocycles. The fourth-order valence-corrected chi connectivity index (χ4v) is 3.06. The van der Waals surface area contributed by atoms with E-state index < -0.39 is 35.7 Å². The van der Waals surface area contributed by atoms with E-state index in [9.17, 15) is 24.3 Å². The Kier molecular flexibility index (Phi) is 6.82. The van der Waals surface area contributed by atoms with Gasteiger partial charge in [0.1, 0.15) is 18.2 Å². The van der Waals surface area contributed by atoms with Gasteiger partial charge in [0.2, 0.25) is 5.91 Å². The maximum absolute atomic E-state index is 12.4. The lowest BCUT2D eigenvalue weighted by Crippen LogP contribution is -2.46. The Morgan fingerprint density at radius 2 is 1.96 bits per heavy atom. The average molecular weight is 393 g/mol. The predicted octanol–water partition coefficient (Wildman–Crippen LogP) is 0.958.